The summed E-state index contributed by atoms with van der Waals surface area (Å²) >= 11 is 0. The predicted octanol–water partition coefficient (Wildman–Crippen LogP) is 1.47. The average molecular weight is 394 g/mol. The van der Waals surface area contributed by atoms with Crippen molar-refractivity contribution in [1.29, 1.82) is 0 Å². The van der Waals surface area contributed by atoms with Gasteiger partial charge in [-0.15, -0.1) is 0 Å². The van der Waals surface area contributed by atoms with Crippen LogP contribution in [0.25, 0.3) is 0 Å². The summed E-state index contributed by atoms with van der Waals surface area (Å²) in [6, 6.07) is 11.8. The molecule has 2 aromatic rings. The number of nitrogens with two attached hydrogens (primary N) is 1. The van der Waals surface area contributed by atoms with Gasteiger partial charge in [0.2, 0.25) is 11.8 Å². The van der Waals surface area contributed by atoms with E-state index >= 15 is 0 Å². The van der Waals surface area contributed by atoms with Gasteiger partial charge in [0.15, 0.2) is 0 Å². The zero-order chi connectivity index (χ0) is 20.6. The molecule has 8 heteroatoms. The molecule has 0 spiro atoms. The van der Waals surface area contributed by atoms with Crippen LogP contribution in [0, 0.1) is 5.41 Å². The highest BCUT2D eigenvalue weighted by Gasteiger charge is 2.63. The van der Waals surface area contributed by atoms with Gasteiger partial charge in [0, 0.05) is 6.04 Å². The number of nitrogens with one attached hydrogen (secondary N) is 1. The third kappa shape index (κ3) is 3.78. The number of hydrogen-bond acceptors (Lipinski definition) is 5. The summed E-state index contributed by atoms with van der Waals surface area (Å²) in [7, 11) is 0. The SMILES string of the molecule is CC12CC(C(N)=O)N(C(=O)CNC(=O)c3ccc(Oc4ccccc4)cn3)C1C2. The molecule has 0 bridgehead atoms. The molecule has 1 aromatic carbocycles. The van der Waals surface area contributed by atoms with Crippen LogP contribution in [0.2, 0.25) is 0 Å². The van der Waals surface area contributed by atoms with Crippen LogP contribution in [-0.2, 0) is 9.59 Å². The maximum absolute atomic E-state index is 12.6. The Bertz CT molecular complexity index is 947. The van der Waals surface area contributed by atoms with Crippen LogP contribution in [0.4, 0.5) is 0 Å². The molecule has 29 heavy (non-hydrogen) atoms. The second-order valence-electron chi connectivity index (χ2n) is 7.77. The van der Waals surface area contributed by atoms with E-state index < -0.39 is 17.9 Å². The van der Waals surface area contributed by atoms with Gasteiger partial charge < -0.3 is 20.7 Å². The van der Waals surface area contributed by atoms with E-state index in [0.717, 1.165) is 6.42 Å². The van der Waals surface area contributed by atoms with E-state index in [4.69, 9.17) is 10.5 Å². The second kappa shape index (κ2) is 7.20. The molecule has 3 amide bonds. The summed E-state index contributed by atoms with van der Waals surface area (Å²) < 4.78 is 5.64. The van der Waals surface area contributed by atoms with Crippen LogP contribution >= 0.6 is 0 Å². The van der Waals surface area contributed by atoms with Crippen molar-refractivity contribution in [3.05, 3.63) is 54.4 Å². The lowest BCUT2D eigenvalue weighted by Gasteiger charge is -2.25. The summed E-state index contributed by atoms with van der Waals surface area (Å²) in [6.07, 6.45) is 2.89. The van der Waals surface area contributed by atoms with Gasteiger partial charge in [-0.25, -0.2) is 4.98 Å². The molecule has 2 aliphatic rings. The van der Waals surface area contributed by atoms with Gasteiger partial charge in [-0.2, -0.15) is 0 Å². The highest BCUT2D eigenvalue weighted by molar-refractivity contribution is 5.96. The van der Waals surface area contributed by atoms with E-state index in [-0.39, 0.29) is 29.6 Å². The Morgan fingerprint density at radius 2 is 1.93 bits per heavy atom. The van der Waals surface area contributed by atoms with E-state index in [0.29, 0.717) is 17.9 Å². The molecular formula is C21H22N4O4. The van der Waals surface area contributed by atoms with E-state index in [1.165, 1.54) is 17.2 Å². The Morgan fingerprint density at radius 1 is 1.17 bits per heavy atom. The molecule has 1 aliphatic heterocycles. The molecule has 4 rings (SSSR count). The van der Waals surface area contributed by atoms with Crippen molar-refractivity contribution in [2.45, 2.75) is 31.8 Å². The van der Waals surface area contributed by atoms with E-state index in [9.17, 15) is 14.4 Å². The Kier molecular flexibility index (Phi) is 4.70. The van der Waals surface area contributed by atoms with Gasteiger partial charge in [0.25, 0.3) is 5.91 Å². The van der Waals surface area contributed by atoms with Crippen LogP contribution in [0.3, 0.4) is 0 Å². The maximum atomic E-state index is 12.6. The number of para-hydroxylation sites is 1. The standard InChI is InChI=1S/C21H22N4O4/c1-21-9-16(19(22)27)25(17(21)10-21)18(26)12-24-20(28)15-8-7-14(11-23-15)29-13-5-3-2-4-6-13/h2-8,11,16-17H,9-10,12H2,1H3,(H2,22,27)(H,24,28). The number of fused-ring (bicyclic) bond motifs is 1. The van der Waals surface area contributed by atoms with Gasteiger partial charge in [-0.1, -0.05) is 25.1 Å². The summed E-state index contributed by atoms with van der Waals surface area (Å²) in [4.78, 5) is 42.2. The number of benzene rings is 1. The van der Waals surface area contributed by atoms with Gasteiger partial charge in [-0.3, -0.25) is 14.4 Å². The summed E-state index contributed by atoms with van der Waals surface area (Å²) in [5.74, 6) is -0.124. The Hall–Kier alpha value is -3.42. The number of rotatable bonds is 6. The lowest BCUT2D eigenvalue weighted by molar-refractivity contribution is -0.137. The fourth-order valence-corrected chi connectivity index (χ4v) is 3.92. The van der Waals surface area contributed by atoms with Crippen LogP contribution in [0.5, 0.6) is 11.5 Å². The first-order valence-corrected chi connectivity index (χ1v) is 9.45. The number of likely N-dealkylation sites (tertiary alicyclic amines) is 1. The molecule has 1 saturated carbocycles. The van der Waals surface area contributed by atoms with Crippen LogP contribution in [0.1, 0.15) is 30.3 Å². The van der Waals surface area contributed by atoms with Crippen LogP contribution in [0.15, 0.2) is 48.7 Å². The van der Waals surface area contributed by atoms with E-state index in [1.807, 2.05) is 37.3 Å². The smallest absolute Gasteiger partial charge is 0.270 e. The third-order valence-electron chi connectivity index (χ3n) is 5.60. The zero-order valence-corrected chi connectivity index (χ0v) is 16.0. The highest BCUT2D eigenvalue weighted by atomic mass is 16.5. The zero-order valence-electron chi connectivity index (χ0n) is 16.0. The minimum Gasteiger partial charge on any atom is -0.456 e. The average Bonchev–Trinajstić information content (AvgIpc) is 3.27. The normalized spacial score (nSPS) is 24.5. The van der Waals surface area contributed by atoms with E-state index in [2.05, 4.69) is 10.3 Å². The first-order valence-electron chi connectivity index (χ1n) is 9.45. The van der Waals surface area contributed by atoms with Gasteiger partial charge in [-0.05, 0) is 42.5 Å². The Morgan fingerprint density at radius 3 is 2.59 bits per heavy atom. The monoisotopic (exact) mass is 394 g/mol. The second-order valence-corrected chi connectivity index (χ2v) is 7.77. The number of primary amides is 1. The molecule has 3 atom stereocenters. The topological polar surface area (TPSA) is 115 Å². The minimum absolute atomic E-state index is 0.0249. The van der Waals surface area contributed by atoms with Gasteiger partial charge in [0.05, 0.1) is 12.7 Å². The third-order valence-corrected chi connectivity index (χ3v) is 5.60. The van der Waals surface area contributed by atoms with Crippen molar-refractivity contribution >= 4 is 17.7 Å². The first-order chi connectivity index (χ1) is 13.9. The molecule has 8 nitrogen and oxygen atoms in total. The maximum Gasteiger partial charge on any atom is 0.270 e. The molecule has 1 aromatic heterocycles. The fourth-order valence-electron chi connectivity index (χ4n) is 3.92. The molecule has 1 saturated heterocycles. The van der Waals surface area contributed by atoms with Crippen molar-refractivity contribution in [3.8, 4) is 11.5 Å². The van der Waals surface area contributed by atoms with Gasteiger partial charge >= 0.3 is 0 Å². The van der Waals surface area contributed by atoms with Crippen LogP contribution in [-0.4, -0.2) is 46.2 Å². The lowest BCUT2D eigenvalue weighted by atomic mass is 10.0. The summed E-state index contributed by atoms with van der Waals surface area (Å²) in [6.45, 7) is 1.83. The van der Waals surface area contributed by atoms with Crippen molar-refractivity contribution in [1.82, 2.24) is 15.2 Å². The number of pyridine rings is 1. The van der Waals surface area contributed by atoms with Crippen LogP contribution < -0.4 is 15.8 Å². The molecule has 3 unspecified atom stereocenters. The number of carbonyl (C=O) groups is 3. The largest absolute Gasteiger partial charge is 0.456 e. The molecule has 1 aliphatic carbocycles. The molecule has 0 radical (unpaired) electrons. The molecule has 2 heterocycles. The predicted molar refractivity (Wildman–Crippen MR) is 104 cm³/mol. The lowest BCUT2D eigenvalue weighted by Crippen LogP contribution is -2.49. The molecule has 150 valence electrons. The fraction of sp³-hybridized carbons (Fsp3) is 0.333. The summed E-state index contributed by atoms with van der Waals surface area (Å²) in [5, 5.41) is 2.57. The molecule has 2 fully saturated rings. The number of piperidine rings is 1. The van der Waals surface area contributed by atoms with Gasteiger partial charge in [0.1, 0.15) is 23.2 Å². The minimum atomic E-state index is -0.601. The molecule has 3 N–H and O–H groups in total. The Balaban J connectivity index is 1.34. The number of hydrogen-bond donors (Lipinski definition) is 2. The van der Waals surface area contributed by atoms with Crippen molar-refractivity contribution < 1.29 is 19.1 Å². The quantitative estimate of drug-likeness (QED) is 0.770. The van der Waals surface area contributed by atoms with Crippen molar-refractivity contribution in [2.75, 3.05) is 6.54 Å². The van der Waals surface area contributed by atoms with Crippen molar-refractivity contribution in [2.24, 2.45) is 11.1 Å². The number of amides is 3. The molecular weight excluding hydrogens is 372 g/mol. The summed E-state index contributed by atoms with van der Waals surface area (Å²) in [5.41, 5.74) is 5.58. The number of ether oxygens (including phenoxy) is 1. The number of aromatic nitrogens is 1. The van der Waals surface area contributed by atoms with E-state index in [1.54, 1.807) is 6.07 Å². The van der Waals surface area contributed by atoms with Crippen molar-refractivity contribution in [3.63, 3.8) is 0 Å². The first kappa shape index (κ1) is 18.9. The number of nitrogens with zero attached hydrogens (tertiary/aromatic N) is 2. The Labute approximate surface area is 168 Å². The number of carbonyl (C=O) groups excluding carboxylic acids is 3. The highest BCUT2D eigenvalue weighted by Crippen LogP contribution is 2.58.